The summed E-state index contributed by atoms with van der Waals surface area (Å²) >= 11 is 0. The van der Waals surface area contributed by atoms with Gasteiger partial charge in [-0.3, -0.25) is 4.99 Å². The van der Waals surface area contributed by atoms with Crippen LogP contribution in [0.25, 0.3) is 0 Å². The molecule has 4 nitrogen and oxygen atoms in total. The van der Waals surface area contributed by atoms with Crippen LogP contribution in [0.3, 0.4) is 0 Å². The minimum Gasteiger partial charge on any atom is -0.497 e. The number of benzene rings is 2. The van der Waals surface area contributed by atoms with E-state index in [1.807, 2.05) is 36.4 Å². The van der Waals surface area contributed by atoms with Crippen LogP contribution in [0.15, 0.2) is 53.5 Å². The van der Waals surface area contributed by atoms with Gasteiger partial charge in [0.2, 0.25) is 0 Å². The summed E-state index contributed by atoms with van der Waals surface area (Å²) in [6.07, 6.45) is 4.43. The Balaban J connectivity index is 1.73. The minimum absolute atomic E-state index is 0.0472. The predicted octanol–water partition coefficient (Wildman–Crippen LogP) is 4.07. The molecule has 25 heavy (non-hydrogen) atoms. The van der Waals surface area contributed by atoms with E-state index in [1.54, 1.807) is 7.11 Å². The highest BCUT2D eigenvalue weighted by molar-refractivity contribution is 5.92. The van der Waals surface area contributed by atoms with E-state index in [9.17, 15) is 4.39 Å². The van der Waals surface area contributed by atoms with Gasteiger partial charge in [0.1, 0.15) is 11.6 Å². The number of methoxy groups -OCH3 is 1. The summed E-state index contributed by atoms with van der Waals surface area (Å²) in [6, 6.07) is 14.4. The monoisotopic (exact) mass is 341 g/mol. The lowest BCUT2D eigenvalue weighted by molar-refractivity contribution is 0.415. The first kappa shape index (κ1) is 17.3. The maximum atomic E-state index is 13.2. The van der Waals surface area contributed by atoms with Crippen LogP contribution in [0.1, 0.15) is 31.2 Å². The Hall–Kier alpha value is -2.56. The van der Waals surface area contributed by atoms with E-state index in [2.05, 4.69) is 10.3 Å². The van der Waals surface area contributed by atoms with Crippen molar-refractivity contribution in [2.45, 2.75) is 31.1 Å². The van der Waals surface area contributed by atoms with Gasteiger partial charge in [-0.2, -0.15) is 0 Å². The number of nitrogens with zero attached hydrogens (tertiary/aromatic N) is 1. The zero-order chi connectivity index (χ0) is 17.7. The highest BCUT2D eigenvalue weighted by Crippen LogP contribution is 2.41. The third kappa shape index (κ3) is 4.10. The Morgan fingerprint density at radius 1 is 1.20 bits per heavy atom. The van der Waals surface area contributed by atoms with Crippen LogP contribution in [0.4, 0.5) is 10.1 Å². The summed E-state index contributed by atoms with van der Waals surface area (Å²) in [7, 11) is 1.63. The van der Waals surface area contributed by atoms with Crippen LogP contribution in [-0.4, -0.2) is 19.6 Å². The van der Waals surface area contributed by atoms with E-state index in [1.165, 1.54) is 12.1 Å². The number of aliphatic imine (C=N–C) groups is 1. The maximum Gasteiger partial charge on any atom is 0.193 e. The molecule has 1 aliphatic carbocycles. The first-order valence-corrected chi connectivity index (χ1v) is 8.58. The van der Waals surface area contributed by atoms with Crippen molar-refractivity contribution in [2.24, 2.45) is 10.7 Å². The lowest BCUT2D eigenvalue weighted by Gasteiger charge is -2.28. The summed E-state index contributed by atoms with van der Waals surface area (Å²) in [6.45, 7) is 0.599. The number of rotatable bonds is 5. The largest absolute Gasteiger partial charge is 0.497 e. The fourth-order valence-corrected chi connectivity index (χ4v) is 3.52. The molecular weight excluding hydrogens is 317 g/mol. The van der Waals surface area contributed by atoms with Crippen molar-refractivity contribution in [1.29, 1.82) is 0 Å². The zero-order valence-electron chi connectivity index (χ0n) is 14.5. The average molecular weight is 341 g/mol. The van der Waals surface area contributed by atoms with Gasteiger partial charge in [-0.15, -0.1) is 0 Å². The molecule has 3 rings (SSSR count). The van der Waals surface area contributed by atoms with E-state index >= 15 is 0 Å². The Kier molecular flexibility index (Phi) is 5.22. The first-order chi connectivity index (χ1) is 12.1. The van der Waals surface area contributed by atoms with Gasteiger partial charge in [-0.25, -0.2) is 4.39 Å². The molecule has 0 heterocycles. The van der Waals surface area contributed by atoms with Crippen LogP contribution >= 0.6 is 0 Å². The molecule has 0 saturated heterocycles. The fourth-order valence-electron chi connectivity index (χ4n) is 3.52. The van der Waals surface area contributed by atoms with Crippen LogP contribution in [0.5, 0.6) is 5.75 Å². The molecule has 2 aromatic rings. The van der Waals surface area contributed by atoms with Crippen molar-refractivity contribution in [3.63, 3.8) is 0 Å². The molecule has 0 bridgehead atoms. The van der Waals surface area contributed by atoms with E-state index in [4.69, 9.17) is 10.5 Å². The molecule has 1 saturated carbocycles. The fraction of sp³-hybridized carbons (Fsp3) is 0.350. The van der Waals surface area contributed by atoms with Crippen molar-refractivity contribution >= 4 is 11.6 Å². The summed E-state index contributed by atoms with van der Waals surface area (Å²) < 4.78 is 18.5. The third-order valence-electron chi connectivity index (χ3n) is 4.91. The summed E-state index contributed by atoms with van der Waals surface area (Å²) in [4.78, 5) is 4.58. The number of hydrogen-bond acceptors (Lipinski definition) is 2. The second-order valence-electron chi connectivity index (χ2n) is 6.55. The van der Waals surface area contributed by atoms with Gasteiger partial charge in [-0.1, -0.05) is 31.0 Å². The lowest BCUT2D eigenvalue weighted by Crippen LogP contribution is -2.30. The van der Waals surface area contributed by atoms with Crippen molar-refractivity contribution in [3.05, 3.63) is 59.9 Å². The molecule has 0 unspecified atom stereocenters. The van der Waals surface area contributed by atoms with Crippen LogP contribution < -0.4 is 15.8 Å². The van der Waals surface area contributed by atoms with Crippen LogP contribution in [0, 0.1) is 5.82 Å². The van der Waals surface area contributed by atoms with Gasteiger partial charge in [0, 0.05) is 17.2 Å². The summed E-state index contributed by atoms with van der Waals surface area (Å²) in [5.74, 6) is 0.928. The molecule has 132 valence electrons. The first-order valence-electron chi connectivity index (χ1n) is 8.58. The molecule has 0 spiro atoms. The van der Waals surface area contributed by atoms with Gasteiger partial charge in [-0.05, 0) is 42.7 Å². The molecule has 0 atom stereocenters. The molecule has 1 aliphatic rings. The number of halogens is 1. The highest BCUT2D eigenvalue weighted by atomic mass is 19.1. The molecule has 3 N–H and O–H groups in total. The molecule has 2 aromatic carbocycles. The minimum atomic E-state index is -0.209. The number of anilines is 1. The molecule has 1 fully saturated rings. The second-order valence-corrected chi connectivity index (χ2v) is 6.55. The Bertz CT molecular complexity index is 737. The van der Waals surface area contributed by atoms with E-state index in [0.29, 0.717) is 12.5 Å². The number of hydrogen-bond donors (Lipinski definition) is 2. The van der Waals surface area contributed by atoms with Crippen molar-refractivity contribution in [1.82, 2.24) is 0 Å². The molecule has 0 aromatic heterocycles. The predicted molar refractivity (Wildman–Crippen MR) is 99.7 cm³/mol. The van der Waals surface area contributed by atoms with Gasteiger partial charge in [0.05, 0.1) is 13.7 Å². The van der Waals surface area contributed by atoms with E-state index in [0.717, 1.165) is 42.7 Å². The molecule has 5 heteroatoms. The zero-order valence-corrected chi connectivity index (χ0v) is 14.5. The second kappa shape index (κ2) is 7.55. The normalized spacial score (nSPS) is 16.6. The van der Waals surface area contributed by atoms with Gasteiger partial charge >= 0.3 is 0 Å². The van der Waals surface area contributed by atoms with Gasteiger partial charge < -0.3 is 15.8 Å². The molecule has 0 radical (unpaired) electrons. The number of ether oxygens (including phenoxy) is 1. The molecular formula is C20H24FN3O. The number of guanidine groups is 1. The molecule has 0 aliphatic heterocycles. The number of nitrogens with two attached hydrogens (primary N) is 1. The van der Waals surface area contributed by atoms with E-state index in [-0.39, 0.29) is 11.2 Å². The van der Waals surface area contributed by atoms with Crippen molar-refractivity contribution in [2.75, 3.05) is 19.0 Å². The van der Waals surface area contributed by atoms with Crippen molar-refractivity contribution in [3.8, 4) is 5.75 Å². The summed E-state index contributed by atoms with van der Waals surface area (Å²) in [5.41, 5.74) is 8.01. The van der Waals surface area contributed by atoms with E-state index < -0.39 is 0 Å². The third-order valence-corrected chi connectivity index (χ3v) is 4.91. The Morgan fingerprint density at radius 2 is 1.92 bits per heavy atom. The quantitative estimate of drug-likeness (QED) is 0.636. The van der Waals surface area contributed by atoms with Gasteiger partial charge in [0.15, 0.2) is 5.96 Å². The number of nitrogens with one attached hydrogen (secondary N) is 1. The SMILES string of the molecule is COc1cccc(NC(N)=NCC2(c3ccc(F)cc3)CCCC2)c1. The van der Waals surface area contributed by atoms with Gasteiger partial charge in [0.25, 0.3) is 0 Å². The van der Waals surface area contributed by atoms with Crippen molar-refractivity contribution < 1.29 is 9.13 Å². The Labute approximate surface area is 147 Å². The van der Waals surface area contributed by atoms with Crippen LogP contribution in [0.2, 0.25) is 0 Å². The van der Waals surface area contributed by atoms with Crippen LogP contribution in [-0.2, 0) is 5.41 Å². The lowest BCUT2D eigenvalue weighted by atomic mass is 9.79. The standard InChI is InChI=1S/C20H24FN3O/c1-25-18-6-4-5-17(13-18)24-19(22)23-14-20(11-2-3-12-20)15-7-9-16(21)10-8-15/h4-10,13H,2-3,11-12,14H2,1H3,(H3,22,23,24). The smallest absolute Gasteiger partial charge is 0.193 e. The maximum absolute atomic E-state index is 13.2. The summed E-state index contributed by atoms with van der Waals surface area (Å²) in [5, 5.41) is 3.11. The highest BCUT2D eigenvalue weighted by Gasteiger charge is 2.35. The average Bonchev–Trinajstić information content (AvgIpc) is 3.11. The molecule has 0 amide bonds. The Morgan fingerprint density at radius 3 is 2.60 bits per heavy atom. The topological polar surface area (TPSA) is 59.6 Å².